The van der Waals surface area contributed by atoms with Crippen molar-refractivity contribution in [3.63, 3.8) is 0 Å². The van der Waals surface area contributed by atoms with Crippen LogP contribution in [0.4, 0.5) is 8.78 Å². The molecule has 0 unspecified atom stereocenters. The number of alkyl halides is 2. The fourth-order valence-corrected chi connectivity index (χ4v) is 2.98. The van der Waals surface area contributed by atoms with Crippen molar-refractivity contribution < 1.29 is 18.7 Å². The molecule has 1 saturated carbocycles. The molecule has 0 aliphatic heterocycles. The van der Waals surface area contributed by atoms with Crippen molar-refractivity contribution >= 4 is 5.91 Å². The zero-order valence-corrected chi connectivity index (χ0v) is 13.6. The number of carbonyl (C=O) groups excluding carboxylic acids is 1. The SMILES string of the molecule is CC(C)Cn1cc(C(F)F)c(C(=O)NC2CCC(CO)CC2)n1. The molecule has 0 atom stereocenters. The number of aromatic nitrogens is 2. The summed E-state index contributed by atoms with van der Waals surface area (Å²) < 4.78 is 27.7. The van der Waals surface area contributed by atoms with Gasteiger partial charge in [-0.05, 0) is 37.5 Å². The molecule has 2 rings (SSSR count). The minimum atomic E-state index is -2.72. The third kappa shape index (κ3) is 4.73. The van der Waals surface area contributed by atoms with E-state index < -0.39 is 12.3 Å². The van der Waals surface area contributed by atoms with Crippen molar-refractivity contribution in [2.24, 2.45) is 11.8 Å². The van der Waals surface area contributed by atoms with E-state index in [0.717, 1.165) is 25.7 Å². The van der Waals surface area contributed by atoms with Gasteiger partial charge in [0, 0.05) is 25.4 Å². The number of aliphatic hydroxyl groups is 1. The average Bonchev–Trinajstić information content (AvgIpc) is 2.91. The summed E-state index contributed by atoms with van der Waals surface area (Å²) in [5, 5.41) is 16.0. The van der Waals surface area contributed by atoms with E-state index in [0.29, 0.717) is 6.54 Å². The number of hydrogen-bond donors (Lipinski definition) is 2. The van der Waals surface area contributed by atoms with Gasteiger partial charge in [0.2, 0.25) is 0 Å². The number of nitrogens with zero attached hydrogens (tertiary/aromatic N) is 2. The molecule has 1 aromatic heterocycles. The summed E-state index contributed by atoms with van der Waals surface area (Å²) >= 11 is 0. The quantitative estimate of drug-likeness (QED) is 0.843. The first-order valence-corrected chi connectivity index (χ1v) is 8.18. The van der Waals surface area contributed by atoms with Gasteiger partial charge in [0.1, 0.15) is 0 Å². The number of aliphatic hydroxyl groups excluding tert-OH is 1. The normalized spacial score (nSPS) is 21.9. The minimum Gasteiger partial charge on any atom is -0.396 e. The Morgan fingerprint density at radius 2 is 2.04 bits per heavy atom. The van der Waals surface area contributed by atoms with Crippen molar-refractivity contribution in [3.8, 4) is 0 Å². The maximum atomic E-state index is 13.2. The Bertz CT molecular complexity index is 523. The van der Waals surface area contributed by atoms with Crippen molar-refractivity contribution in [2.45, 2.75) is 58.5 Å². The van der Waals surface area contributed by atoms with E-state index in [1.165, 1.54) is 10.9 Å². The lowest BCUT2D eigenvalue weighted by Crippen LogP contribution is -2.38. The molecule has 1 amide bonds. The molecule has 1 aromatic rings. The predicted octanol–water partition coefficient (Wildman–Crippen LogP) is 2.76. The van der Waals surface area contributed by atoms with Crippen LogP contribution in [-0.4, -0.2) is 33.4 Å². The van der Waals surface area contributed by atoms with Crippen LogP contribution < -0.4 is 5.32 Å². The second kappa shape index (κ2) is 7.86. The monoisotopic (exact) mass is 329 g/mol. The van der Waals surface area contributed by atoms with Gasteiger partial charge in [0.15, 0.2) is 5.69 Å². The maximum Gasteiger partial charge on any atom is 0.272 e. The Labute approximate surface area is 135 Å². The van der Waals surface area contributed by atoms with Gasteiger partial charge in [-0.1, -0.05) is 13.8 Å². The van der Waals surface area contributed by atoms with Crippen LogP contribution in [0.15, 0.2) is 6.20 Å². The Balaban J connectivity index is 2.04. The third-order valence-electron chi connectivity index (χ3n) is 4.23. The average molecular weight is 329 g/mol. The molecular weight excluding hydrogens is 304 g/mol. The summed E-state index contributed by atoms with van der Waals surface area (Å²) in [6.07, 6.45) is 1.74. The number of nitrogens with one attached hydrogen (secondary N) is 1. The summed E-state index contributed by atoms with van der Waals surface area (Å²) in [5.74, 6) is 0.00498. The van der Waals surface area contributed by atoms with Gasteiger partial charge in [-0.25, -0.2) is 8.78 Å². The first-order chi connectivity index (χ1) is 10.9. The first-order valence-electron chi connectivity index (χ1n) is 8.18. The molecule has 0 spiro atoms. The fourth-order valence-electron chi connectivity index (χ4n) is 2.98. The summed E-state index contributed by atoms with van der Waals surface area (Å²) in [6, 6.07) is -0.0360. The second-order valence-corrected chi connectivity index (χ2v) is 6.72. The van der Waals surface area contributed by atoms with Crippen LogP contribution in [0, 0.1) is 11.8 Å². The summed E-state index contributed by atoms with van der Waals surface area (Å²) in [5.41, 5.74) is -0.489. The molecule has 0 bridgehead atoms. The van der Waals surface area contributed by atoms with E-state index in [1.807, 2.05) is 13.8 Å². The summed E-state index contributed by atoms with van der Waals surface area (Å²) in [6.45, 7) is 4.58. The molecule has 23 heavy (non-hydrogen) atoms. The topological polar surface area (TPSA) is 67.2 Å². The third-order valence-corrected chi connectivity index (χ3v) is 4.23. The molecule has 1 fully saturated rings. The van der Waals surface area contributed by atoms with Crippen LogP contribution in [-0.2, 0) is 6.54 Å². The van der Waals surface area contributed by atoms with Gasteiger partial charge >= 0.3 is 0 Å². The lowest BCUT2D eigenvalue weighted by atomic mass is 9.86. The molecule has 2 N–H and O–H groups in total. The number of carbonyl (C=O) groups is 1. The van der Waals surface area contributed by atoms with Crippen LogP contribution in [0.5, 0.6) is 0 Å². The van der Waals surface area contributed by atoms with Gasteiger partial charge in [0.05, 0.1) is 5.56 Å². The van der Waals surface area contributed by atoms with Gasteiger partial charge in [-0.2, -0.15) is 5.10 Å². The molecule has 1 aliphatic carbocycles. The molecule has 0 radical (unpaired) electrons. The Kier molecular flexibility index (Phi) is 6.10. The number of amides is 1. The molecule has 1 aliphatic rings. The molecule has 0 aromatic carbocycles. The van der Waals surface area contributed by atoms with Crippen LogP contribution in [0.3, 0.4) is 0 Å². The Morgan fingerprint density at radius 1 is 1.39 bits per heavy atom. The van der Waals surface area contributed by atoms with Crippen molar-refractivity contribution in [1.29, 1.82) is 0 Å². The van der Waals surface area contributed by atoms with Crippen molar-refractivity contribution in [2.75, 3.05) is 6.61 Å². The standard InChI is InChI=1S/C16H25F2N3O2/c1-10(2)7-21-8-13(15(17)18)14(20-21)16(23)19-12-5-3-11(9-22)4-6-12/h8,10-12,15,22H,3-7,9H2,1-2H3,(H,19,23). The predicted molar refractivity (Wildman–Crippen MR) is 82.3 cm³/mol. The minimum absolute atomic E-state index is 0.0360. The molecule has 0 saturated heterocycles. The smallest absolute Gasteiger partial charge is 0.272 e. The number of halogens is 2. The van der Waals surface area contributed by atoms with Crippen molar-refractivity contribution in [1.82, 2.24) is 15.1 Å². The highest BCUT2D eigenvalue weighted by Crippen LogP contribution is 2.25. The second-order valence-electron chi connectivity index (χ2n) is 6.72. The maximum absolute atomic E-state index is 13.2. The first kappa shape index (κ1) is 17.8. The van der Waals surface area contributed by atoms with Crippen LogP contribution in [0.1, 0.15) is 62.0 Å². The highest BCUT2D eigenvalue weighted by Gasteiger charge is 2.27. The zero-order chi connectivity index (χ0) is 17.0. The van der Waals surface area contributed by atoms with Gasteiger partial charge in [-0.15, -0.1) is 0 Å². The van der Waals surface area contributed by atoms with E-state index in [9.17, 15) is 13.6 Å². The van der Waals surface area contributed by atoms with E-state index in [-0.39, 0.29) is 35.7 Å². The highest BCUT2D eigenvalue weighted by atomic mass is 19.3. The lowest BCUT2D eigenvalue weighted by molar-refractivity contribution is 0.0895. The van der Waals surface area contributed by atoms with Crippen LogP contribution in [0.2, 0.25) is 0 Å². The molecule has 130 valence electrons. The van der Waals surface area contributed by atoms with Gasteiger partial charge in [-0.3, -0.25) is 9.48 Å². The molecule has 1 heterocycles. The number of rotatable bonds is 6. The van der Waals surface area contributed by atoms with Gasteiger partial charge in [0.25, 0.3) is 12.3 Å². The summed E-state index contributed by atoms with van der Waals surface area (Å²) in [7, 11) is 0. The lowest BCUT2D eigenvalue weighted by Gasteiger charge is -2.27. The van der Waals surface area contributed by atoms with Crippen LogP contribution >= 0.6 is 0 Å². The molecule has 5 nitrogen and oxygen atoms in total. The molecular formula is C16H25F2N3O2. The Morgan fingerprint density at radius 3 is 2.57 bits per heavy atom. The highest BCUT2D eigenvalue weighted by molar-refractivity contribution is 5.94. The van der Waals surface area contributed by atoms with Crippen molar-refractivity contribution in [3.05, 3.63) is 17.5 Å². The fraction of sp³-hybridized carbons (Fsp3) is 0.750. The van der Waals surface area contributed by atoms with E-state index in [4.69, 9.17) is 5.11 Å². The van der Waals surface area contributed by atoms with E-state index in [2.05, 4.69) is 10.4 Å². The van der Waals surface area contributed by atoms with Crippen LogP contribution in [0.25, 0.3) is 0 Å². The van der Waals surface area contributed by atoms with Gasteiger partial charge < -0.3 is 10.4 Å². The van der Waals surface area contributed by atoms with E-state index in [1.54, 1.807) is 0 Å². The zero-order valence-electron chi connectivity index (χ0n) is 13.6. The van der Waals surface area contributed by atoms with E-state index >= 15 is 0 Å². The largest absolute Gasteiger partial charge is 0.396 e. The number of hydrogen-bond acceptors (Lipinski definition) is 3. The summed E-state index contributed by atoms with van der Waals surface area (Å²) in [4.78, 5) is 12.3. The Hall–Kier alpha value is -1.50. The molecule has 7 heteroatoms.